The van der Waals surface area contributed by atoms with Crippen LogP contribution in [0.15, 0.2) is 30.5 Å². The predicted molar refractivity (Wildman–Crippen MR) is 112 cm³/mol. The number of H-pyrrole nitrogens is 1. The number of aliphatic hydroxyl groups excluding tert-OH is 1. The number of nitrogens with one attached hydrogen (secondary N) is 1. The van der Waals surface area contributed by atoms with E-state index in [2.05, 4.69) is 15.1 Å². The third-order valence-corrected chi connectivity index (χ3v) is 6.92. The van der Waals surface area contributed by atoms with Gasteiger partial charge in [-0.15, -0.1) is 0 Å². The van der Waals surface area contributed by atoms with Crippen molar-refractivity contribution >= 4 is 16.5 Å². The van der Waals surface area contributed by atoms with Gasteiger partial charge in [-0.25, -0.2) is 12.7 Å². The molecule has 3 rings (SSSR count). The van der Waals surface area contributed by atoms with Crippen molar-refractivity contribution < 1.29 is 28.2 Å². The molecule has 30 heavy (non-hydrogen) atoms. The van der Waals surface area contributed by atoms with Gasteiger partial charge in [0.2, 0.25) is 10.0 Å². The molecular formula is C19H28N4O6S. The first-order chi connectivity index (χ1) is 14.2. The zero-order chi connectivity index (χ0) is 22.3. The van der Waals surface area contributed by atoms with Gasteiger partial charge in [0.1, 0.15) is 5.75 Å². The van der Waals surface area contributed by atoms with Gasteiger partial charge >= 0.3 is 0 Å². The smallest absolute Gasteiger partial charge is 0.290 e. The molecule has 2 aromatic rings. The number of hydrogen-bond acceptors (Lipinski definition) is 7. The largest absolute Gasteiger partial charge is 0.497 e. The molecular weight excluding hydrogens is 412 g/mol. The first-order valence-corrected chi connectivity index (χ1v) is 10.9. The number of sulfonamides is 1. The second-order valence-electron chi connectivity index (χ2n) is 7.19. The Labute approximate surface area is 176 Å². The Hall–Kier alpha value is -2.47. The fraction of sp³-hybridized carbons (Fsp3) is 0.474. The Bertz CT molecular complexity index is 913. The highest BCUT2D eigenvalue weighted by atomic mass is 32.2. The molecule has 0 unspecified atom stereocenters. The molecule has 1 aliphatic heterocycles. The number of β-amino-alcohol motifs (C(OH)–C–C–N with tert-alkyl or cyclic N) is 1. The summed E-state index contributed by atoms with van der Waals surface area (Å²) in [6, 6.07) is 7.70. The van der Waals surface area contributed by atoms with Crippen LogP contribution in [-0.4, -0.2) is 90.7 Å². The zero-order valence-electron chi connectivity index (χ0n) is 17.2. The van der Waals surface area contributed by atoms with Crippen molar-refractivity contribution in [2.75, 3.05) is 40.0 Å². The maximum atomic E-state index is 12.1. The second kappa shape index (κ2) is 10.5. The summed E-state index contributed by atoms with van der Waals surface area (Å²) >= 11 is 0. The Morgan fingerprint density at radius 1 is 1.30 bits per heavy atom. The highest BCUT2D eigenvalue weighted by molar-refractivity contribution is 7.89. The van der Waals surface area contributed by atoms with Crippen molar-refractivity contribution in [3.8, 4) is 17.0 Å². The second-order valence-corrected chi connectivity index (χ2v) is 9.41. The fourth-order valence-electron chi connectivity index (χ4n) is 3.33. The Morgan fingerprint density at radius 3 is 2.50 bits per heavy atom. The first kappa shape index (κ1) is 23.8. The summed E-state index contributed by atoms with van der Waals surface area (Å²) in [5, 5.41) is 24.4. The highest BCUT2D eigenvalue weighted by Crippen LogP contribution is 2.27. The lowest BCUT2D eigenvalue weighted by atomic mass is 10.1. The SMILES string of the molecule is COc1ccc(-c2[nH]ncc2CN2C[C@@H](CS(=O)(=O)N(C)C)[C@@H](O)C2)cc1.O=CO. The minimum Gasteiger partial charge on any atom is -0.497 e. The summed E-state index contributed by atoms with van der Waals surface area (Å²) in [5.41, 5.74) is 2.91. The number of carbonyl (C=O) groups is 1. The van der Waals surface area contributed by atoms with Gasteiger partial charge < -0.3 is 14.9 Å². The number of carboxylic acid groups (broad SMARTS) is 1. The standard InChI is InChI=1S/C18H26N4O4S.CH2O2/c1-21(2)27(24,25)12-15-10-22(11-17(15)23)9-14-8-19-20-18(14)13-4-6-16(26-3)7-5-13;2-1-3/h4-8,15,17,23H,9-12H2,1-3H3,(H,19,20);1H,(H,2,3)/t15-,17-;/m0./s1. The number of aliphatic hydroxyl groups is 1. The lowest BCUT2D eigenvalue weighted by molar-refractivity contribution is -0.122. The van der Waals surface area contributed by atoms with Gasteiger partial charge in [0.15, 0.2) is 0 Å². The van der Waals surface area contributed by atoms with Gasteiger partial charge in [-0.2, -0.15) is 5.10 Å². The van der Waals surface area contributed by atoms with E-state index < -0.39 is 16.1 Å². The number of aromatic nitrogens is 2. The maximum absolute atomic E-state index is 12.1. The van der Waals surface area contributed by atoms with Crippen molar-refractivity contribution in [1.29, 1.82) is 0 Å². The molecule has 1 aromatic heterocycles. The van der Waals surface area contributed by atoms with Crippen LogP contribution in [0.25, 0.3) is 11.3 Å². The zero-order valence-corrected chi connectivity index (χ0v) is 18.0. The fourth-order valence-corrected chi connectivity index (χ4v) is 4.50. The topological polar surface area (TPSA) is 136 Å². The molecule has 3 N–H and O–H groups in total. The molecule has 0 saturated carbocycles. The summed E-state index contributed by atoms with van der Waals surface area (Å²) < 4.78 is 30.6. The van der Waals surface area contributed by atoms with Crippen LogP contribution < -0.4 is 4.74 Å². The van der Waals surface area contributed by atoms with Crippen molar-refractivity contribution in [1.82, 2.24) is 19.4 Å². The monoisotopic (exact) mass is 440 g/mol. The number of aromatic amines is 1. The van der Waals surface area contributed by atoms with E-state index in [-0.39, 0.29) is 18.1 Å². The van der Waals surface area contributed by atoms with E-state index in [9.17, 15) is 13.5 Å². The molecule has 1 saturated heterocycles. The maximum Gasteiger partial charge on any atom is 0.290 e. The number of ether oxygens (including phenoxy) is 1. The molecule has 166 valence electrons. The third kappa shape index (κ3) is 6.02. The van der Waals surface area contributed by atoms with Gasteiger partial charge in [-0.3, -0.25) is 14.8 Å². The van der Waals surface area contributed by atoms with Crippen LogP contribution in [0.1, 0.15) is 5.56 Å². The van der Waals surface area contributed by atoms with E-state index in [1.165, 1.54) is 18.4 Å². The number of methoxy groups -OCH3 is 1. The van der Waals surface area contributed by atoms with E-state index in [4.69, 9.17) is 14.6 Å². The van der Waals surface area contributed by atoms with Gasteiger partial charge in [-0.05, 0) is 24.3 Å². The predicted octanol–water partition coefficient (Wildman–Crippen LogP) is 0.470. The summed E-state index contributed by atoms with van der Waals surface area (Å²) in [4.78, 5) is 10.4. The lowest BCUT2D eigenvalue weighted by Gasteiger charge is -2.18. The molecule has 10 nitrogen and oxygen atoms in total. The average molecular weight is 441 g/mol. The normalized spacial score (nSPS) is 19.4. The van der Waals surface area contributed by atoms with Gasteiger partial charge in [0.05, 0.1) is 30.9 Å². The van der Waals surface area contributed by atoms with Crippen LogP contribution in [0.5, 0.6) is 5.75 Å². The van der Waals surface area contributed by atoms with Gasteiger partial charge in [-0.1, -0.05) is 0 Å². The van der Waals surface area contributed by atoms with Crippen LogP contribution in [0.2, 0.25) is 0 Å². The van der Waals surface area contributed by atoms with Crippen LogP contribution in [-0.2, 0) is 21.4 Å². The lowest BCUT2D eigenvalue weighted by Crippen LogP contribution is -2.33. The molecule has 0 aliphatic carbocycles. The molecule has 0 spiro atoms. The Kier molecular flexibility index (Phi) is 8.35. The van der Waals surface area contributed by atoms with Crippen LogP contribution in [0, 0.1) is 5.92 Å². The van der Waals surface area contributed by atoms with Gasteiger partial charge in [0.25, 0.3) is 6.47 Å². The highest BCUT2D eigenvalue weighted by Gasteiger charge is 2.35. The van der Waals surface area contributed by atoms with E-state index in [1.807, 2.05) is 24.3 Å². The Morgan fingerprint density at radius 2 is 1.93 bits per heavy atom. The molecule has 0 amide bonds. The molecule has 2 heterocycles. The quantitative estimate of drug-likeness (QED) is 0.529. The van der Waals surface area contributed by atoms with Crippen molar-refractivity contribution in [2.24, 2.45) is 5.92 Å². The van der Waals surface area contributed by atoms with E-state index in [1.54, 1.807) is 13.3 Å². The first-order valence-electron chi connectivity index (χ1n) is 9.27. The summed E-state index contributed by atoms with van der Waals surface area (Å²) in [6.45, 7) is 1.32. The molecule has 11 heteroatoms. The number of benzene rings is 1. The molecule has 2 atom stereocenters. The number of nitrogens with zero attached hydrogens (tertiary/aromatic N) is 3. The molecule has 1 aliphatic rings. The van der Waals surface area contributed by atoms with E-state index in [0.717, 1.165) is 22.6 Å². The molecule has 0 radical (unpaired) electrons. The summed E-state index contributed by atoms with van der Waals surface area (Å²) in [5.74, 6) is 0.440. The molecule has 0 bridgehead atoms. The number of hydrogen-bond donors (Lipinski definition) is 3. The summed E-state index contributed by atoms with van der Waals surface area (Å²) in [7, 11) is 1.32. The minimum atomic E-state index is -3.34. The molecule has 1 fully saturated rings. The number of rotatable bonds is 7. The Balaban J connectivity index is 0.00000101. The summed E-state index contributed by atoms with van der Waals surface area (Å²) in [6.07, 6.45) is 1.12. The van der Waals surface area contributed by atoms with Crippen molar-refractivity contribution in [3.05, 3.63) is 36.0 Å². The van der Waals surface area contributed by atoms with Crippen molar-refractivity contribution in [2.45, 2.75) is 12.6 Å². The average Bonchev–Trinajstić information content (AvgIpc) is 3.29. The minimum absolute atomic E-state index is 0.0472. The number of likely N-dealkylation sites (tertiary alicyclic amines) is 1. The molecule has 1 aromatic carbocycles. The van der Waals surface area contributed by atoms with E-state index in [0.29, 0.717) is 19.6 Å². The van der Waals surface area contributed by atoms with Crippen LogP contribution >= 0.6 is 0 Å². The van der Waals surface area contributed by atoms with Gasteiger partial charge in [0, 0.05) is 50.8 Å². The van der Waals surface area contributed by atoms with Crippen LogP contribution in [0.4, 0.5) is 0 Å². The van der Waals surface area contributed by atoms with Crippen molar-refractivity contribution in [3.63, 3.8) is 0 Å². The van der Waals surface area contributed by atoms with Crippen LogP contribution in [0.3, 0.4) is 0 Å². The third-order valence-electron chi connectivity index (χ3n) is 4.95. The van der Waals surface area contributed by atoms with E-state index >= 15 is 0 Å².